The van der Waals surface area contributed by atoms with Crippen LogP contribution in [0, 0.1) is 17.0 Å². The van der Waals surface area contributed by atoms with E-state index < -0.39 is 10.9 Å². The number of nitro groups is 1. The van der Waals surface area contributed by atoms with Crippen LogP contribution in [0.15, 0.2) is 47.4 Å². The van der Waals surface area contributed by atoms with E-state index in [9.17, 15) is 19.7 Å². The number of amides is 1. The number of carbonyl (C=O) groups is 2. The molecule has 0 bridgehead atoms. The Morgan fingerprint density at radius 3 is 2.56 bits per heavy atom. The summed E-state index contributed by atoms with van der Waals surface area (Å²) in [6, 6.07) is 10.7. The molecular formula is C18H12N2O5S2. The minimum Gasteiger partial charge on any atom is -0.423 e. The summed E-state index contributed by atoms with van der Waals surface area (Å²) in [5.74, 6) is -0.661. The van der Waals surface area contributed by atoms with Crippen molar-refractivity contribution in [3.63, 3.8) is 0 Å². The normalized spacial score (nSPS) is 14.9. The zero-order chi connectivity index (χ0) is 19.6. The number of nitro benzene ring substituents is 1. The van der Waals surface area contributed by atoms with Crippen LogP contribution in [0.5, 0.6) is 5.75 Å². The predicted molar refractivity (Wildman–Crippen MR) is 106 cm³/mol. The molecule has 27 heavy (non-hydrogen) atoms. The molecule has 0 aromatic heterocycles. The maximum Gasteiger partial charge on any atom is 0.343 e. The van der Waals surface area contributed by atoms with E-state index in [1.807, 2.05) is 0 Å². The van der Waals surface area contributed by atoms with Gasteiger partial charge in [-0.2, -0.15) is 0 Å². The van der Waals surface area contributed by atoms with E-state index in [0.29, 0.717) is 14.8 Å². The number of nitrogens with one attached hydrogen (secondary N) is 1. The first kappa shape index (κ1) is 18.7. The van der Waals surface area contributed by atoms with Crippen molar-refractivity contribution in [1.29, 1.82) is 0 Å². The highest BCUT2D eigenvalue weighted by molar-refractivity contribution is 8.26. The van der Waals surface area contributed by atoms with Gasteiger partial charge in [-0.15, -0.1) is 0 Å². The van der Waals surface area contributed by atoms with Gasteiger partial charge in [0.25, 0.3) is 11.6 Å². The third-order valence-electron chi connectivity index (χ3n) is 3.67. The van der Waals surface area contributed by atoms with Gasteiger partial charge >= 0.3 is 5.97 Å². The van der Waals surface area contributed by atoms with E-state index in [4.69, 9.17) is 17.0 Å². The van der Waals surface area contributed by atoms with Gasteiger partial charge in [-0.05, 0) is 36.8 Å². The highest BCUT2D eigenvalue weighted by Crippen LogP contribution is 2.26. The Kier molecular flexibility index (Phi) is 5.33. The second kappa shape index (κ2) is 7.68. The first-order valence-electron chi connectivity index (χ1n) is 7.65. The largest absolute Gasteiger partial charge is 0.423 e. The molecule has 1 fully saturated rings. The SMILES string of the molecule is Cc1ccc(C(=O)Oc2ccc(C=C3SC(=S)NC3=O)cc2)cc1[N+](=O)[O-]. The second-order valence-corrected chi connectivity index (χ2v) is 7.29. The van der Waals surface area contributed by atoms with Crippen LogP contribution in [0.3, 0.4) is 0 Å². The van der Waals surface area contributed by atoms with Crippen LogP contribution in [0.25, 0.3) is 6.08 Å². The van der Waals surface area contributed by atoms with Crippen molar-refractivity contribution in [2.45, 2.75) is 6.92 Å². The van der Waals surface area contributed by atoms with E-state index in [1.54, 1.807) is 37.3 Å². The lowest BCUT2D eigenvalue weighted by Crippen LogP contribution is -2.17. The number of thioether (sulfide) groups is 1. The van der Waals surface area contributed by atoms with E-state index in [1.165, 1.54) is 30.0 Å². The second-order valence-electron chi connectivity index (χ2n) is 5.57. The molecule has 3 rings (SSSR count). The molecule has 0 aliphatic carbocycles. The molecule has 2 aromatic carbocycles. The quantitative estimate of drug-likeness (QED) is 0.209. The van der Waals surface area contributed by atoms with E-state index in [0.717, 1.165) is 5.56 Å². The van der Waals surface area contributed by atoms with Crippen molar-refractivity contribution in [3.8, 4) is 5.75 Å². The molecule has 1 aliphatic heterocycles. The summed E-state index contributed by atoms with van der Waals surface area (Å²) in [5, 5.41) is 13.5. The van der Waals surface area contributed by atoms with Crippen LogP contribution in [0.4, 0.5) is 5.69 Å². The first-order chi connectivity index (χ1) is 12.8. The summed E-state index contributed by atoms with van der Waals surface area (Å²) in [4.78, 5) is 34.8. The van der Waals surface area contributed by atoms with Crippen LogP contribution in [0.1, 0.15) is 21.5 Å². The molecule has 0 atom stereocenters. The molecule has 9 heteroatoms. The highest BCUT2D eigenvalue weighted by Gasteiger charge is 2.22. The highest BCUT2D eigenvalue weighted by atomic mass is 32.2. The summed E-state index contributed by atoms with van der Waals surface area (Å²) >= 11 is 6.10. The van der Waals surface area contributed by atoms with E-state index in [2.05, 4.69) is 5.32 Å². The van der Waals surface area contributed by atoms with Crippen molar-refractivity contribution in [2.75, 3.05) is 0 Å². The minimum absolute atomic E-state index is 0.0889. The Morgan fingerprint density at radius 1 is 1.26 bits per heavy atom. The molecule has 0 spiro atoms. The number of hydrogen-bond donors (Lipinski definition) is 1. The van der Waals surface area contributed by atoms with E-state index >= 15 is 0 Å². The lowest BCUT2D eigenvalue weighted by molar-refractivity contribution is -0.385. The summed E-state index contributed by atoms with van der Waals surface area (Å²) in [5.41, 5.74) is 1.15. The zero-order valence-corrected chi connectivity index (χ0v) is 15.6. The molecule has 1 saturated heterocycles. The average molecular weight is 400 g/mol. The van der Waals surface area contributed by atoms with Crippen molar-refractivity contribution in [1.82, 2.24) is 5.32 Å². The lowest BCUT2D eigenvalue weighted by atomic mass is 10.1. The summed E-state index contributed by atoms with van der Waals surface area (Å²) in [6.45, 7) is 1.59. The molecule has 1 N–H and O–H groups in total. The summed E-state index contributed by atoms with van der Waals surface area (Å²) in [7, 11) is 0. The van der Waals surface area contributed by atoms with Gasteiger partial charge in [-0.1, -0.05) is 42.2 Å². The number of carbonyl (C=O) groups excluding carboxylic acids is 2. The molecular weight excluding hydrogens is 388 g/mol. The number of benzene rings is 2. The molecule has 0 unspecified atom stereocenters. The number of hydrogen-bond acceptors (Lipinski definition) is 7. The van der Waals surface area contributed by atoms with Crippen LogP contribution in [0.2, 0.25) is 0 Å². The Bertz CT molecular complexity index is 999. The number of esters is 1. The van der Waals surface area contributed by atoms with Gasteiger partial charge in [-0.3, -0.25) is 14.9 Å². The molecule has 0 radical (unpaired) electrons. The fraction of sp³-hybridized carbons (Fsp3) is 0.0556. The summed E-state index contributed by atoms with van der Waals surface area (Å²) < 4.78 is 5.66. The lowest BCUT2D eigenvalue weighted by Gasteiger charge is -2.06. The first-order valence-corrected chi connectivity index (χ1v) is 8.88. The zero-order valence-electron chi connectivity index (χ0n) is 13.9. The fourth-order valence-corrected chi connectivity index (χ4v) is 3.35. The van der Waals surface area contributed by atoms with Crippen molar-refractivity contribution in [3.05, 3.63) is 74.2 Å². The number of ether oxygens (including phenoxy) is 1. The Balaban J connectivity index is 1.73. The Labute approximate surface area is 163 Å². The van der Waals surface area contributed by atoms with Gasteiger partial charge < -0.3 is 10.1 Å². The van der Waals surface area contributed by atoms with Crippen molar-refractivity contribution in [2.24, 2.45) is 0 Å². The minimum atomic E-state index is -0.694. The molecule has 1 amide bonds. The fourth-order valence-electron chi connectivity index (χ4n) is 2.30. The standard InChI is InChI=1S/C18H12N2O5S2/c1-10-2-5-12(9-14(10)20(23)24)17(22)25-13-6-3-11(4-7-13)8-15-16(21)19-18(26)27-15/h2-9H,1H3,(H,19,21,26). The topological polar surface area (TPSA) is 98.5 Å². The van der Waals surface area contributed by atoms with E-state index in [-0.39, 0.29) is 22.9 Å². The molecule has 1 heterocycles. The van der Waals surface area contributed by atoms with Gasteiger partial charge in [-0.25, -0.2) is 4.79 Å². The molecule has 136 valence electrons. The molecule has 7 nitrogen and oxygen atoms in total. The number of thiocarbonyl (C=S) groups is 1. The average Bonchev–Trinajstić information content (AvgIpc) is 2.93. The molecule has 0 saturated carbocycles. The van der Waals surface area contributed by atoms with Crippen LogP contribution < -0.4 is 10.1 Å². The third kappa shape index (κ3) is 4.39. The van der Waals surface area contributed by atoms with Gasteiger partial charge in [0.2, 0.25) is 0 Å². The van der Waals surface area contributed by atoms with Gasteiger partial charge in [0.15, 0.2) is 0 Å². The van der Waals surface area contributed by atoms with Crippen LogP contribution >= 0.6 is 24.0 Å². The van der Waals surface area contributed by atoms with Crippen molar-refractivity contribution < 1.29 is 19.2 Å². The van der Waals surface area contributed by atoms with Gasteiger partial charge in [0, 0.05) is 11.6 Å². The van der Waals surface area contributed by atoms with Crippen molar-refractivity contribution >= 4 is 51.9 Å². The maximum atomic E-state index is 12.2. The Hall–Kier alpha value is -3.04. The third-order valence-corrected chi connectivity index (χ3v) is 4.83. The van der Waals surface area contributed by atoms with Gasteiger partial charge in [0.05, 0.1) is 15.4 Å². The summed E-state index contributed by atoms with van der Waals surface area (Å²) in [6.07, 6.45) is 1.67. The number of nitrogens with zero attached hydrogens (tertiary/aromatic N) is 1. The molecule has 2 aromatic rings. The molecule has 1 aliphatic rings. The Morgan fingerprint density at radius 2 is 1.96 bits per heavy atom. The van der Waals surface area contributed by atoms with Crippen LogP contribution in [-0.4, -0.2) is 21.1 Å². The maximum absolute atomic E-state index is 12.2. The number of aryl methyl sites for hydroxylation is 1. The van der Waals surface area contributed by atoms with Crippen LogP contribution in [-0.2, 0) is 4.79 Å². The monoisotopic (exact) mass is 400 g/mol. The smallest absolute Gasteiger partial charge is 0.343 e. The predicted octanol–water partition coefficient (Wildman–Crippen LogP) is 3.61. The van der Waals surface area contributed by atoms with Gasteiger partial charge in [0.1, 0.15) is 10.1 Å². The number of rotatable bonds is 4.